The zero-order chi connectivity index (χ0) is 18.1. The van der Waals surface area contributed by atoms with Gasteiger partial charge in [-0.05, 0) is 35.7 Å². The third-order valence-corrected chi connectivity index (χ3v) is 4.84. The molecule has 1 unspecified atom stereocenters. The van der Waals surface area contributed by atoms with Gasteiger partial charge in [-0.2, -0.15) is 0 Å². The SMILES string of the molecule is O=C(Cn1ccc2ccccc21)NC1CC(=O)N(c2cccc(Cl)c2)C1. The van der Waals surface area contributed by atoms with Gasteiger partial charge in [0.2, 0.25) is 11.8 Å². The number of para-hydroxylation sites is 1. The van der Waals surface area contributed by atoms with Crippen molar-refractivity contribution in [1.29, 1.82) is 0 Å². The van der Waals surface area contributed by atoms with Gasteiger partial charge in [-0.15, -0.1) is 0 Å². The lowest BCUT2D eigenvalue weighted by Crippen LogP contribution is -2.38. The molecule has 1 fully saturated rings. The molecule has 1 saturated heterocycles. The monoisotopic (exact) mass is 367 g/mol. The maximum atomic E-state index is 12.4. The standard InChI is InChI=1S/C20H18ClN3O2/c21-15-5-3-6-17(10-15)24-12-16(11-20(24)26)22-19(25)13-23-9-8-14-4-1-2-7-18(14)23/h1-10,16H,11-13H2,(H,22,25). The maximum absolute atomic E-state index is 12.4. The number of fused-ring (bicyclic) bond motifs is 1. The first-order valence-electron chi connectivity index (χ1n) is 8.49. The molecule has 2 amide bonds. The van der Waals surface area contributed by atoms with Crippen molar-refractivity contribution < 1.29 is 9.59 Å². The quantitative estimate of drug-likeness (QED) is 0.769. The number of nitrogens with one attached hydrogen (secondary N) is 1. The Morgan fingerprint density at radius 2 is 2.00 bits per heavy atom. The molecule has 6 heteroatoms. The van der Waals surface area contributed by atoms with E-state index in [1.165, 1.54) is 0 Å². The van der Waals surface area contributed by atoms with E-state index < -0.39 is 0 Å². The highest BCUT2D eigenvalue weighted by molar-refractivity contribution is 6.30. The second-order valence-corrected chi connectivity index (χ2v) is 6.89. The van der Waals surface area contributed by atoms with Gasteiger partial charge in [0.25, 0.3) is 0 Å². The minimum absolute atomic E-state index is 0.0102. The van der Waals surface area contributed by atoms with Crippen molar-refractivity contribution in [2.75, 3.05) is 11.4 Å². The van der Waals surface area contributed by atoms with Crippen LogP contribution in [0.25, 0.3) is 10.9 Å². The molecule has 4 rings (SSSR count). The lowest BCUT2D eigenvalue weighted by Gasteiger charge is -2.17. The minimum Gasteiger partial charge on any atom is -0.349 e. The van der Waals surface area contributed by atoms with Gasteiger partial charge in [0.1, 0.15) is 6.54 Å². The first-order valence-corrected chi connectivity index (χ1v) is 8.87. The summed E-state index contributed by atoms with van der Waals surface area (Å²) in [6.45, 7) is 0.687. The van der Waals surface area contributed by atoms with E-state index in [1.807, 2.05) is 53.2 Å². The van der Waals surface area contributed by atoms with Gasteiger partial charge in [-0.3, -0.25) is 9.59 Å². The van der Waals surface area contributed by atoms with Crippen molar-refractivity contribution in [3.05, 3.63) is 65.8 Å². The van der Waals surface area contributed by atoms with Gasteiger partial charge < -0.3 is 14.8 Å². The van der Waals surface area contributed by atoms with Crippen molar-refractivity contribution >= 4 is 40.0 Å². The Balaban J connectivity index is 1.41. The zero-order valence-corrected chi connectivity index (χ0v) is 14.8. The van der Waals surface area contributed by atoms with Crippen LogP contribution in [0.3, 0.4) is 0 Å². The first kappa shape index (κ1) is 16.7. The van der Waals surface area contributed by atoms with Gasteiger partial charge in [0, 0.05) is 35.4 Å². The summed E-state index contributed by atoms with van der Waals surface area (Å²) < 4.78 is 1.91. The third-order valence-electron chi connectivity index (χ3n) is 4.60. The molecule has 2 heterocycles. The summed E-state index contributed by atoms with van der Waals surface area (Å²) >= 11 is 6.01. The van der Waals surface area contributed by atoms with Gasteiger partial charge in [0.15, 0.2) is 0 Å². The molecule has 1 atom stereocenters. The number of aromatic nitrogens is 1. The van der Waals surface area contributed by atoms with Crippen LogP contribution < -0.4 is 10.2 Å². The number of carbonyl (C=O) groups excluding carboxylic acids is 2. The zero-order valence-electron chi connectivity index (χ0n) is 14.1. The summed E-state index contributed by atoms with van der Waals surface area (Å²) in [5.74, 6) is -0.110. The number of anilines is 1. The van der Waals surface area contributed by atoms with Gasteiger partial charge >= 0.3 is 0 Å². The smallest absolute Gasteiger partial charge is 0.240 e. The molecule has 0 bridgehead atoms. The molecule has 1 N–H and O–H groups in total. The molecule has 26 heavy (non-hydrogen) atoms. The number of nitrogens with zero attached hydrogens (tertiary/aromatic N) is 2. The fourth-order valence-corrected chi connectivity index (χ4v) is 3.59. The summed E-state index contributed by atoms with van der Waals surface area (Å²) in [6, 6.07) is 16.9. The second kappa shape index (κ2) is 6.84. The summed E-state index contributed by atoms with van der Waals surface area (Å²) in [5, 5.41) is 4.66. The number of hydrogen-bond donors (Lipinski definition) is 1. The van der Waals surface area contributed by atoms with Crippen LogP contribution in [-0.2, 0) is 16.1 Å². The van der Waals surface area contributed by atoms with Crippen LogP contribution in [0, 0.1) is 0 Å². The fraction of sp³-hybridized carbons (Fsp3) is 0.200. The van der Waals surface area contributed by atoms with E-state index in [1.54, 1.807) is 17.0 Å². The van der Waals surface area contributed by atoms with Crippen molar-refractivity contribution in [1.82, 2.24) is 9.88 Å². The highest BCUT2D eigenvalue weighted by Gasteiger charge is 2.31. The van der Waals surface area contributed by atoms with Gasteiger partial charge in [-0.1, -0.05) is 35.9 Å². The average Bonchev–Trinajstić information content (AvgIpc) is 3.19. The predicted octanol–water partition coefficient (Wildman–Crippen LogP) is 3.22. The van der Waals surface area contributed by atoms with Crippen LogP contribution in [0.15, 0.2) is 60.8 Å². The van der Waals surface area contributed by atoms with E-state index in [9.17, 15) is 9.59 Å². The Kier molecular flexibility index (Phi) is 4.39. The number of rotatable bonds is 4. The van der Waals surface area contributed by atoms with Crippen LogP contribution in [0.4, 0.5) is 5.69 Å². The second-order valence-electron chi connectivity index (χ2n) is 6.46. The Morgan fingerprint density at radius 1 is 1.15 bits per heavy atom. The van der Waals surface area contributed by atoms with E-state index in [2.05, 4.69) is 5.32 Å². The Labute approximate surface area is 156 Å². The molecular weight excluding hydrogens is 350 g/mol. The molecule has 1 aromatic heterocycles. The van der Waals surface area contributed by atoms with Crippen LogP contribution in [0.5, 0.6) is 0 Å². The number of halogens is 1. The normalized spacial score (nSPS) is 17.0. The molecule has 1 aliphatic rings. The van der Waals surface area contributed by atoms with E-state index in [4.69, 9.17) is 11.6 Å². The highest BCUT2D eigenvalue weighted by Crippen LogP contribution is 2.24. The summed E-state index contributed by atoms with van der Waals surface area (Å²) in [6.07, 6.45) is 2.20. The first-order chi connectivity index (χ1) is 12.6. The minimum atomic E-state index is -0.198. The number of amides is 2. The molecule has 3 aromatic rings. The van der Waals surface area contributed by atoms with E-state index in [0.29, 0.717) is 18.0 Å². The summed E-state index contributed by atoms with van der Waals surface area (Å²) in [7, 11) is 0. The molecular formula is C20H18ClN3O2. The Bertz CT molecular complexity index is 982. The molecule has 0 saturated carbocycles. The summed E-state index contributed by atoms with van der Waals surface area (Å²) in [5.41, 5.74) is 1.78. The van der Waals surface area contributed by atoms with Crippen molar-refractivity contribution in [2.24, 2.45) is 0 Å². The summed E-state index contributed by atoms with van der Waals surface area (Å²) in [4.78, 5) is 26.4. The third kappa shape index (κ3) is 3.30. The van der Waals surface area contributed by atoms with Crippen LogP contribution in [0.1, 0.15) is 6.42 Å². The van der Waals surface area contributed by atoms with E-state index in [-0.39, 0.29) is 24.4 Å². The molecule has 0 radical (unpaired) electrons. The maximum Gasteiger partial charge on any atom is 0.240 e. The lowest BCUT2D eigenvalue weighted by molar-refractivity contribution is -0.122. The lowest BCUT2D eigenvalue weighted by atomic mass is 10.2. The molecule has 132 valence electrons. The number of benzene rings is 2. The van der Waals surface area contributed by atoms with Gasteiger partial charge in [0.05, 0.1) is 6.04 Å². The molecule has 2 aromatic carbocycles. The van der Waals surface area contributed by atoms with Crippen molar-refractivity contribution in [2.45, 2.75) is 19.0 Å². The largest absolute Gasteiger partial charge is 0.349 e. The topological polar surface area (TPSA) is 54.3 Å². The van der Waals surface area contributed by atoms with E-state index in [0.717, 1.165) is 16.6 Å². The van der Waals surface area contributed by atoms with Crippen LogP contribution in [0.2, 0.25) is 5.02 Å². The average molecular weight is 368 g/mol. The van der Waals surface area contributed by atoms with Crippen molar-refractivity contribution in [3.8, 4) is 0 Å². The molecule has 1 aliphatic heterocycles. The molecule has 0 spiro atoms. The predicted molar refractivity (Wildman–Crippen MR) is 102 cm³/mol. The Hall–Kier alpha value is -2.79. The van der Waals surface area contributed by atoms with Crippen molar-refractivity contribution in [3.63, 3.8) is 0 Å². The fourth-order valence-electron chi connectivity index (χ4n) is 3.40. The van der Waals surface area contributed by atoms with Crippen LogP contribution >= 0.6 is 11.6 Å². The van der Waals surface area contributed by atoms with Gasteiger partial charge in [-0.25, -0.2) is 0 Å². The number of carbonyl (C=O) groups is 2. The Morgan fingerprint density at radius 3 is 2.85 bits per heavy atom. The molecule has 5 nitrogen and oxygen atoms in total. The van der Waals surface area contributed by atoms with E-state index >= 15 is 0 Å². The highest BCUT2D eigenvalue weighted by atomic mass is 35.5. The number of hydrogen-bond acceptors (Lipinski definition) is 2. The molecule has 0 aliphatic carbocycles. The van der Waals surface area contributed by atoms with Crippen LogP contribution in [-0.4, -0.2) is 29.0 Å².